The van der Waals surface area contributed by atoms with Crippen molar-refractivity contribution in [3.05, 3.63) is 70.8 Å². The fraction of sp³-hybridized carbons (Fsp3) is 0. The third-order valence-electron chi connectivity index (χ3n) is 2.66. The Morgan fingerprint density at radius 1 is 1.05 bits per heavy atom. The molecule has 2 rings (SSSR count). The predicted octanol–water partition coefficient (Wildman–Crippen LogP) is 3.01. The summed E-state index contributed by atoms with van der Waals surface area (Å²) in [5.41, 5.74) is 0.638. The van der Waals surface area contributed by atoms with E-state index in [1.54, 1.807) is 18.2 Å². The smallest absolute Gasteiger partial charge is 0.339 e. The van der Waals surface area contributed by atoms with E-state index in [9.17, 15) is 18.5 Å². The van der Waals surface area contributed by atoms with E-state index in [0.717, 1.165) is 5.56 Å². The van der Waals surface area contributed by atoms with Gasteiger partial charge in [-0.3, -0.25) is 10.1 Å². The second kappa shape index (κ2) is 5.76. The summed E-state index contributed by atoms with van der Waals surface area (Å²) in [4.78, 5) is 9.93. The quantitative estimate of drug-likeness (QED) is 0.481. The van der Waals surface area contributed by atoms with Gasteiger partial charge in [0.15, 0.2) is 0 Å². The van der Waals surface area contributed by atoms with Gasteiger partial charge in [-0.2, -0.15) is 8.42 Å². The van der Waals surface area contributed by atoms with Crippen molar-refractivity contribution in [1.82, 2.24) is 0 Å². The van der Waals surface area contributed by atoms with Crippen LogP contribution in [0.4, 0.5) is 5.69 Å². The first-order chi connectivity index (χ1) is 9.92. The van der Waals surface area contributed by atoms with Gasteiger partial charge in [0.1, 0.15) is 10.6 Å². The molecule has 21 heavy (non-hydrogen) atoms. The molecule has 7 heteroatoms. The molecule has 2 aromatic carbocycles. The molecule has 0 saturated heterocycles. The fourth-order valence-corrected chi connectivity index (χ4v) is 2.50. The molecule has 2 aromatic rings. The van der Waals surface area contributed by atoms with Crippen LogP contribution in [0.3, 0.4) is 0 Å². The Hall–Kier alpha value is -2.67. The molecule has 0 fully saturated rings. The summed E-state index contributed by atoms with van der Waals surface area (Å²) in [7, 11) is -3.98. The second-order valence-electron chi connectivity index (χ2n) is 4.06. The van der Waals surface area contributed by atoms with E-state index in [2.05, 4.69) is 6.58 Å². The van der Waals surface area contributed by atoms with E-state index < -0.39 is 15.0 Å². The van der Waals surface area contributed by atoms with Gasteiger partial charge in [-0.15, -0.1) is 0 Å². The van der Waals surface area contributed by atoms with Crippen molar-refractivity contribution in [3.8, 4) is 5.75 Å². The molecule has 0 N–H and O–H groups in total. The predicted molar refractivity (Wildman–Crippen MR) is 77.4 cm³/mol. The SMILES string of the molecule is C=Cc1ccc(S(=O)(=O)Oc2ccc([N+](=O)[O-])cc2)cc1. The van der Waals surface area contributed by atoms with Crippen molar-refractivity contribution in [2.45, 2.75) is 4.90 Å². The maximum Gasteiger partial charge on any atom is 0.339 e. The summed E-state index contributed by atoms with van der Waals surface area (Å²) in [6.07, 6.45) is 1.59. The number of nitro benzene ring substituents is 1. The minimum absolute atomic E-state index is 0.00778. The van der Waals surface area contributed by atoms with E-state index in [4.69, 9.17) is 4.18 Å². The second-order valence-corrected chi connectivity index (χ2v) is 5.61. The number of nitro groups is 1. The van der Waals surface area contributed by atoms with Crippen molar-refractivity contribution in [3.63, 3.8) is 0 Å². The van der Waals surface area contributed by atoms with E-state index in [0.29, 0.717) is 0 Å². The van der Waals surface area contributed by atoms with Crippen LogP contribution < -0.4 is 4.18 Å². The lowest BCUT2D eigenvalue weighted by atomic mass is 10.2. The number of hydrogen-bond acceptors (Lipinski definition) is 5. The van der Waals surface area contributed by atoms with Crippen LogP contribution in [-0.4, -0.2) is 13.3 Å². The standard InChI is InChI=1S/C14H11NO5S/c1-2-11-3-9-14(10-4-11)21(18,19)20-13-7-5-12(6-8-13)15(16)17/h2-10H,1H2. The highest BCUT2D eigenvalue weighted by Gasteiger charge is 2.17. The Labute approximate surface area is 121 Å². The summed E-state index contributed by atoms with van der Waals surface area (Å²) in [6.45, 7) is 3.58. The lowest BCUT2D eigenvalue weighted by Crippen LogP contribution is -2.09. The van der Waals surface area contributed by atoms with Gasteiger partial charge in [-0.05, 0) is 29.8 Å². The molecule has 108 valence electrons. The Balaban J connectivity index is 2.23. The minimum Gasteiger partial charge on any atom is -0.379 e. The van der Waals surface area contributed by atoms with E-state index in [-0.39, 0.29) is 16.3 Å². The molecule has 0 spiro atoms. The molecule has 6 nitrogen and oxygen atoms in total. The number of hydrogen-bond donors (Lipinski definition) is 0. The number of rotatable bonds is 5. The van der Waals surface area contributed by atoms with Crippen LogP contribution in [0.25, 0.3) is 6.08 Å². The van der Waals surface area contributed by atoms with Gasteiger partial charge >= 0.3 is 10.1 Å². The van der Waals surface area contributed by atoms with Crippen molar-refractivity contribution >= 4 is 21.9 Å². The molecule has 0 atom stereocenters. The number of nitrogens with zero attached hydrogens (tertiary/aromatic N) is 1. The van der Waals surface area contributed by atoms with Crippen LogP contribution in [-0.2, 0) is 10.1 Å². The first kappa shape index (κ1) is 14.7. The third-order valence-corrected chi connectivity index (χ3v) is 3.92. The van der Waals surface area contributed by atoms with Crippen LogP contribution in [0.1, 0.15) is 5.56 Å². The van der Waals surface area contributed by atoms with Gasteiger partial charge in [0, 0.05) is 12.1 Å². The lowest BCUT2D eigenvalue weighted by Gasteiger charge is -2.07. The molecular formula is C14H11NO5S. The average molecular weight is 305 g/mol. The zero-order valence-corrected chi connectivity index (χ0v) is 11.6. The first-order valence-corrected chi connectivity index (χ1v) is 7.24. The van der Waals surface area contributed by atoms with Gasteiger partial charge in [0.25, 0.3) is 5.69 Å². The fourth-order valence-electron chi connectivity index (χ4n) is 1.57. The highest BCUT2D eigenvalue weighted by molar-refractivity contribution is 7.87. The summed E-state index contributed by atoms with van der Waals surface area (Å²) in [5, 5.41) is 10.5. The number of non-ortho nitro benzene ring substituents is 1. The molecule has 0 aliphatic heterocycles. The zero-order chi connectivity index (χ0) is 15.5. The minimum atomic E-state index is -3.98. The molecule has 0 aliphatic rings. The van der Waals surface area contributed by atoms with Crippen LogP contribution in [0.5, 0.6) is 5.75 Å². The Kier molecular flexibility index (Phi) is 4.04. The highest BCUT2D eigenvalue weighted by Crippen LogP contribution is 2.22. The summed E-state index contributed by atoms with van der Waals surface area (Å²) in [6, 6.07) is 10.8. The monoisotopic (exact) mass is 305 g/mol. The van der Waals surface area contributed by atoms with Crippen LogP contribution in [0.2, 0.25) is 0 Å². The van der Waals surface area contributed by atoms with Crippen molar-refractivity contribution in [2.24, 2.45) is 0 Å². The topological polar surface area (TPSA) is 86.5 Å². The van der Waals surface area contributed by atoms with Crippen LogP contribution in [0, 0.1) is 10.1 Å². The van der Waals surface area contributed by atoms with Crippen molar-refractivity contribution in [2.75, 3.05) is 0 Å². The Bertz CT molecular complexity index is 764. The normalized spacial score (nSPS) is 10.9. The third kappa shape index (κ3) is 3.46. The molecule has 0 radical (unpaired) electrons. The van der Waals surface area contributed by atoms with E-state index in [1.165, 1.54) is 36.4 Å². The van der Waals surface area contributed by atoms with Gasteiger partial charge in [0.2, 0.25) is 0 Å². The van der Waals surface area contributed by atoms with Gasteiger partial charge in [-0.1, -0.05) is 24.8 Å². The van der Waals surface area contributed by atoms with E-state index in [1.807, 2.05) is 0 Å². The van der Waals surface area contributed by atoms with E-state index >= 15 is 0 Å². The number of benzene rings is 2. The van der Waals surface area contributed by atoms with Crippen LogP contribution >= 0.6 is 0 Å². The molecular weight excluding hydrogens is 294 g/mol. The highest BCUT2D eigenvalue weighted by atomic mass is 32.2. The molecule has 0 unspecified atom stereocenters. The zero-order valence-electron chi connectivity index (χ0n) is 10.8. The maximum atomic E-state index is 12.0. The van der Waals surface area contributed by atoms with Gasteiger partial charge in [0.05, 0.1) is 4.92 Å². The Morgan fingerprint density at radius 2 is 1.62 bits per heavy atom. The van der Waals surface area contributed by atoms with Gasteiger partial charge < -0.3 is 4.18 Å². The molecule has 0 heterocycles. The molecule has 0 aliphatic carbocycles. The first-order valence-electron chi connectivity index (χ1n) is 5.84. The molecule has 0 aromatic heterocycles. The van der Waals surface area contributed by atoms with Crippen molar-refractivity contribution < 1.29 is 17.5 Å². The molecule has 0 amide bonds. The average Bonchev–Trinajstić information content (AvgIpc) is 2.47. The largest absolute Gasteiger partial charge is 0.379 e. The van der Waals surface area contributed by atoms with Crippen LogP contribution in [0.15, 0.2) is 60.0 Å². The lowest BCUT2D eigenvalue weighted by molar-refractivity contribution is -0.384. The summed E-state index contributed by atoms with van der Waals surface area (Å²) in [5.74, 6) is 0.00778. The molecule has 0 bridgehead atoms. The van der Waals surface area contributed by atoms with Crippen molar-refractivity contribution in [1.29, 1.82) is 0 Å². The summed E-state index contributed by atoms with van der Waals surface area (Å²) >= 11 is 0. The maximum absolute atomic E-state index is 12.0. The molecule has 0 saturated carbocycles. The van der Waals surface area contributed by atoms with Gasteiger partial charge in [-0.25, -0.2) is 0 Å². The summed E-state index contributed by atoms with van der Waals surface area (Å²) < 4.78 is 29.0. The Morgan fingerprint density at radius 3 is 2.10 bits per heavy atom.